The van der Waals surface area contributed by atoms with Gasteiger partial charge in [0.05, 0.1) is 10.6 Å². The summed E-state index contributed by atoms with van der Waals surface area (Å²) in [7, 11) is 0. The fraction of sp³-hybridized carbons (Fsp3) is 0.0714. The van der Waals surface area contributed by atoms with E-state index in [4.69, 9.17) is 4.42 Å². The first kappa shape index (κ1) is 13.0. The van der Waals surface area contributed by atoms with E-state index in [1.165, 1.54) is 0 Å². The first-order valence-electron chi connectivity index (χ1n) is 6.19. The number of fused-ring (bicyclic) bond motifs is 1. The Balaban J connectivity index is 1.53. The maximum atomic E-state index is 5.53. The van der Waals surface area contributed by atoms with E-state index in [2.05, 4.69) is 21.0 Å². The van der Waals surface area contributed by atoms with Gasteiger partial charge in [-0.1, -0.05) is 17.8 Å². The number of nitrogens with zero attached hydrogens (tertiary/aromatic N) is 3. The first-order chi connectivity index (χ1) is 10.4. The monoisotopic (exact) mass is 331 g/mol. The van der Waals surface area contributed by atoms with Crippen molar-refractivity contribution < 1.29 is 4.42 Å². The van der Waals surface area contributed by atoms with Crippen molar-refractivity contribution in [3.63, 3.8) is 0 Å². The summed E-state index contributed by atoms with van der Waals surface area (Å²) in [5, 5.41) is 6.15. The summed E-state index contributed by atoms with van der Waals surface area (Å²) in [4.78, 5) is 15.2. The quantitative estimate of drug-likeness (QED) is 0.401. The zero-order chi connectivity index (χ0) is 14.1. The molecular formula is C14H9N3OS3. The van der Waals surface area contributed by atoms with Crippen molar-refractivity contribution in [3.8, 4) is 10.8 Å². The lowest BCUT2D eigenvalue weighted by Crippen LogP contribution is -1.85. The maximum Gasteiger partial charge on any atom is 0.236 e. The van der Waals surface area contributed by atoms with Crippen LogP contribution >= 0.6 is 34.4 Å². The van der Waals surface area contributed by atoms with Crippen LogP contribution in [0.4, 0.5) is 0 Å². The zero-order valence-corrected chi connectivity index (χ0v) is 13.2. The largest absolute Gasteiger partial charge is 0.444 e. The first-order valence-corrected chi connectivity index (χ1v) is 8.94. The molecule has 0 unspecified atom stereocenters. The Hall–Kier alpha value is -1.70. The third-order valence-corrected chi connectivity index (χ3v) is 5.58. The van der Waals surface area contributed by atoms with Crippen molar-refractivity contribution in [2.75, 3.05) is 0 Å². The molecule has 0 aromatic carbocycles. The molecule has 0 saturated heterocycles. The average Bonchev–Trinajstić information content (AvgIpc) is 3.23. The van der Waals surface area contributed by atoms with Crippen LogP contribution < -0.4 is 0 Å². The molecule has 104 valence electrons. The van der Waals surface area contributed by atoms with E-state index < -0.39 is 0 Å². The summed E-state index contributed by atoms with van der Waals surface area (Å²) in [6.07, 6.45) is 3.33. The van der Waals surface area contributed by atoms with Crippen LogP contribution in [0.15, 0.2) is 51.0 Å². The summed E-state index contributed by atoms with van der Waals surface area (Å²) in [6.45, 7) is 0. The van der Waals surface area contributed by atoms with Crippen molar-refractivity contribution in [1.29, 1.82) is 0 Å². The van der Waals surface area contributed by atoms with Crippen molar-refractivity contribution in [3.05, 3.63) is 47.2 Å². The molecule has 0 fully saturated rings. The van der Waals surface area contributed by atoms with Gasteiger partial charge in [0.1, 0.15) is 22.4 Å². The highest BCUT2D eigenvalue weighted by Crippen LogP contribution is 2.30. The van der Waals surface area contributed by atoms with Crippen LogP contribution in [0.1, 0.15) is 5.69 Å². The molecule has 4 aromatic rings. The van der Waals surface area contributed by atoms with Crippen LogP contribution in [0, 0.1) is 0 Å². The standard InChI is InChI=1S/C14H9N3OS3/c1-2-11(19-4-1)12-17-9(6-18-12)7-21-14-10-3-5-20-13(10)15-8-16-14/h1-6,8H,7H2. The van der Waals surface area contributed by atoms with Crippen LogP contribution in [-0.2, 0) is 5.75 Å². The van der Waals surface area contributed by atoms with Crippen molar-refractivity contribution in [1.82, 2.24) is 15.0 Å². The van der Waals surface area contributed by atoms with Crippen molar-refractivity contribution in [2.45, 2.75) is 10.8 Å². The van der Waals surface area contributed by atoms with Gasteiger partial charge in [-0.05, 0) is 22.9 Å². The molecular weight excluding hydrogens is 322 g/mol. The fourth-order valence-corrected chi connectivity index (χ4v) is 4.22. The summed E-state index contributed by atoms with van der Waals surface area (Å²) in [6, 6.07) is 6.06. The molecule has 0 saturated carbocycles. The van der Waals surface area contributed by atoms with E-state index >= 15 is 0 Å². The summed E-state index contributed by atoms with van der Waals surface area (Å²) in [5.74, 6) is 1.42. The SMILES string of the molecule is c1csc(-c2nc(CSc3ncnc4sccc34)co2)c1. The molecule has 21 heavy (non-hydrogen) atoms. The fourth-order valence-electron chi connectivity index (χ4n) is 1.91. The van der Waals surface area contributed by atoms with Crippen LogP contribution in [-0.4, -0.2) is 15.0 Å². The summed E-state index contributed by atoms with van der Waals surface area (Å²) in [5.41, 5.74) is 0.922. The minimum atomic E-state index is 0.684. The molecule has 0 aliphatic carbocycles. The highest BCUT2D eigenvalue weighted by atomic mass is 32.2. The van der Waals surface area contributed by atoms with Crippen molar-refractivity contribution >= 4 is 44.7 Å². The lowest BCUT2D eigenvalue weighted by Gasteiger charge is -1.99. The number of hydrogen-bond donors (Lipinski definition) is 0. The summed E-state index contributed by atoms with van der Waals surface area (Å²) >= 11 is 4.91. The molecule has 0 N–H and O–H groups in total. The molecule has 4 heterocycles. The minimum absolute atomic E-state index is 0.684. The van der Waals surface area contributed by atoms with Gasteiger partial charge in [0, 0.05) is 11.1 Å². The lowest BCUT2D eigenvalue weighted by molar-refractivity contribution is 0.575. The smallest absolute Gasteiger partial charge is 0.236 e. The molecule has 0 atom stereocenters. The number of thiophene rings is 2. The van der Waals surface area contributed by atoms with E-state index in [1.54, 1.807) is 47.0 Å². The van der Waals surface area contributed by atoms with E-state index in [-0.39, 0.29) is 0 Å². The Morgan fingerprint density at radius 1 is 1.14 bits per heavy atom. The molecule has 4 aromatic heterocycles. The van der Waals surface area contributed by atoms with Gasteiger partial charge >= 0.3 is 0 Å². The van der Waals surface area contributed by atoms with Gasteiger partial charge in [0.15, 0.2) is 0 Å². The van der Waals surface area contributed by atoms with Gasteiger partial charge in [0.25, 0.3) is 0 Å². The molecule has 4 rings (SSSR count). The van der Waals surface area contributed by atoms with Gasteiger partial charge in [-0.25, -0.2) is 15.0 Å². The average molecular weight is 331 g/mol. The number of rotatable bonds is 4. The molecule has 0 aliphatic heterocycles. The maximum absolute atomic E-state index is 5.53. The Kier molecular flexibility index (Phi) is 3.46. The Morgan fingerprint density at radius 3 is 3.05 bits per heavy atom. The molecule has 0 aliphatic rings. The van der Waals surface area contributed by atoms with Crippen LogP contribution in [0.5, 0.6) is 0 Å². The van der Waals surface area contributed by atoms with Gasteiger partial charge in [-0.2, -0.15) is 0 Å². The van der Waals surface area contributed by atoms with E-state index in [9.17, 15) is 0 Å². The summed E-state index contributed by atoms with van der Waals surface area (Å²) < 4.78 is 5.53. The zero-order valence-electron chi connectivity index (χ0n) is 10.7. The lowest BCUT2D eigenvalue weighted by atomic mass is 10.4. The van der Waals surface area contributed by atoms with Gasteiger partial charge in [0.2, 0.25) is 5.89 Å². The third-order valence-electron chi connectivity index (χ3n) is 2.87. The molecule has 7 heteroatoms. The van der Waals surface area contributed by atoms with E-state index in [0.717, 1.165) is 31.6 Å². The van der Waals surface area contributed by atoms with Crippen LogP contribution in [0.3, 0.4) is 0 Å². The topological polar surface area (TPSA) is 51.8 Å². The highest BCUT2D eigenvalue weighted by molar-refractivity contribution is 7.98. The Bertz CT molecular complexity index is 867. The second-order valence-corrected chi connectivity index (χ2v) is 7.03. The number of oxazole rings is 1. The molecule has 4 nitrogen and oxygen atoms in total. The Labute approximate surface area is 132 Å². The van der Waals surface area contributed by atoms with E-state index in [0.29, 0.717) is 5.89 Å². The van der Waals surface area contributed by atoms with Gasteiger partial charge in [-0.3, -0.25) is 0 Å². The number of aromatic nitrogens is 3. The number of thioether (sulfide) groups is 1. The molecule has 0 bridgehead atoms. The normalized spacial score (nSPS) is 11.2. The highest BCUT2D eigenvalue weighted by Gasteiger charge is 2.10. The number of hydrogen-bond acceptors (Lipinski definition) is 7. The van der Waals surface area contributed by atoms with Crippen LogP contribution in [0.2, 0.25) is 0 Å². The molecule has 0 amide bonds. The van der Waals surface area contributed by atoms with Crippen LogP contribution in [0.25, 0.3) is 21.0 Å². The predicted molar refractivity (Wildman–Crippen MR) is 86.8 cm³/mol. The molecule has 0 radical (unpaired) electrons. The third kappa shape index (κ3) is 2.59. The predicted octanol–water partition coefficient (Wildman–Crippen LogP) is 4.70. The minimum Gasteiger partial charge on any atom is -0.444 e. The van der Waals surface area contributed by atoms with E-state index in [1.807, 2.05) is 22.9 Å². The second-order valence-electron chi connectivity index (χ2n) is 4.23. The molecule has 0 spiro atoms. The van der Waals surface area contributed by atoms with Gasteiger partial charge in [-0.15, -0.1) is 22.7 Å². The van der Waals surface area contributed by atoms with Gasteiger partial charge < -0.3 is 4.42 Å². The Morgan fingerprint density at radius 2 is 2.14 bits per heavy atom. The van der Waals surface area contributed by atoms with Crippen molar-refractivity contribution in [2.24, 2.45) is 0 Å². The second kappa shape index (κ2) is 5.59.